The van der Waals surface area contributed by atoms with Crippen molar-refractivity contribution in [3.63, 3.8) is 0 Å². The Morgan fingerprint density at radius 3 is 2.58 bits per heavy atom. The van der Waals surface area contributed by atoms with Crippen LogP contribution in [0.4, 0.5) is 0 Å². The third-order valence-corrected chi connectivity index (χ3v) is 5.33. The summed E-state index contributed by atoms with van der Waals surface area (Å²) in [7, 11) is -2.69. The summed E-state index contributed by atoms with van der Waals surface area (Å²) in [4.78, 5) is 20.7. The number of phenolic OH excluding ortho intramolecular Hbond substituents is 1. The van der Waals surface area contributed by atoms with Crippen LogP contribution in [0.5, 0.6) is 11.5 Å². The first-order valence-electron chi connectivity index (χ1n) is 8.77. The molecule has 0 saturated carbocycles. The summed E-state index contributed by atoms with van der Waals surface area (Å²) in [6.07, 6.45) is 1.65. The number of phenols is 1. The summed E-state index contributed by atoms with van der Waals surface area (Å²) in [5.41, 5.74) is 4.79. The van der Waals surface area contributed by atoms with Crippen molar-refractivity contribution in [2.24, 2.45) is 0 Å². The lowest BCUT2D eigenvalue weighted by atomic mass is 9.77. The van der Waals surface area contributed by atoms with Crippen molar-refractivity contribution in [2.45, 2.75) is 32.7 Å². The van der Waals surface area contributed by atoms with Gasteiger partial charge in [0.15, 0.2) is 11.5 Å². The van der Waals surface area contributed by atoms with Crippen LogP contribution < -0.4 is 4.52 Å². The number of likely N-dealkylation sites (N-methyl/N-ethyl adjacent to an activating group) is 1. The molecule has 2 aromatic rings. The first-order valence-corrected chi connectivity index (χ1v) is 10.3. The summed E-state index contributed by atoms with van der Waals surface area (Å²) in [5.74, 6) is -0.404. The third kappa shape index (κ3) is 3.26. The zero-order valence-corrected chi connectivity index (χ0v) is 16.0. The molecule has 0 spiro atoms. The molecule has 26 heavy (non-hydrogen) atoms. The SMILES string of the molecule is CC.CN1CCc2cccc3c2C1Cc1ccc(O)c(OP(=O)(O)O)c1-3. The van der Waals surface area contributed by atoms with Gasteiger partial charge in [-0.25, -0.2) is 4.57 Å². The van der Waals surface area contributed by atoms with Crippen molar-refractivity contribution in [3.05, 3.63) is 47.0 Å². The zero-order valence-electron chi connectivity index (χ0n) is 15.1. The van der Waals surface area contributed by atoms with E-state index in [1.54, 1.807) is 6.07 Å². The molecule has 0 aromatic heterocycles. The van der Waals surface area contributed by atoms with Crippen LogP contribution in [0.25, 0.3) is 11.1 Å². The lowest BCUT2D eigenvalue weighted by Crippen LogP contribution is -2.35. The number of hydrogen-bond donors (Lipinski definition) is 3. The summed E-state index contributed by atoms with van der Waals surface area (Å²) in [6.45, 7) is 4.97. The summed E-state index contributed by atoms with van der Waals surface area (Å²) in [6, 6.07) is 9.42. The number of rotatable bonds is 2. The van der Waals surface area contributed by atoms with Gasteiger partial charge in [0, 0.05) is 18.2 Å². The molecule has 1 aliphatic carbocycles. The van der Waals surface area contributed by atoms with E-state index in [2.05, 4.69) is 18.0 Å². The van der Waals surface area contributed by atoms with Gasteiger partial charge in [0.1, 0.15) is 0 Å². The highest BCUT2D eigenvalue weighted by Crippen LogP contribution is 2.53. The number of phosphoric acid groups is 1. The molecule has 0 amide bonds. The van der Waals surface area contributed by atoms with E-state index in [9.17, 15) is 19.5 Å². The highest BCUT2D eigenvalue weighted by Gasteiger charge is 2.35. The molecular formula is C19H24NO5P. The maximum Gasteiger partial charge on any atom is 0.524 e. The normalized spacial score (nSPS) is 18.3. The van der Waals surface area contributed by atoms with Gasteiger partial charge in [-0.05, 0) is 48.2 Å². The number of benzene rings is 2. The molecule has 1 heterocycles. The van der Waals surface area contributed by atoms with E-state index in [4.69, 9.17) is 4.52 Å². The molecule has 1 atom stereocenters. The second-order valence-corrected chi connectivity index (χ2v) is 7.52. The predicted molar refractivity (Wildman–Crippen MR) is 100 cm³/mol. The van der Waals surface area contributed by atoms with Gasteiger partial charge in [-0.2, -0.15) is 0 Å². The van der Waals surface area contributed by atoms with Crippen LogP contribution in [-0.2, 0) is 17.4 Å². The second-order valence-electron chi connectivity index (χ2n) is 6.36. The fourth-order valence-electron chi connectivity index (χ4n) is 3.87. The van der Waals surface area contributed by atoms with E-state index in [1.165, 1.54) is 17.2 Å². The average Bonchev–Trinajstić information content (AvgIpc) is 2.61. The molecular weight excluding hydrogens is 353 g/mol. The first-order chi connectivity index (χ1) is 12.3. The van der Waals surface area contributed by atoms with Gasteiger partial charge in [-0.15, -0.1) is 0 Å². The Balaban J connectivity index is 0.000000948. The molecule has 7 heteroatoms. The van der Waals surface area contributed by atoms with Crippen LogP contribution in [0.15, 0.2) is 30.3 Å². The summed E-state index contributed by atoms with van der Waals surface area (Å²) >= 11 is 0. The van der Waals surface area contributed by atoms with Crippen LogP contribution in [0.2, 0.25) is 0 Å². The van der Waals surface area contributed by atoms with E-state index in [0.717, 1.165) is 24.1 Å². The van der Waals surface area contributed by atoms with Crippen molar-refractivity contribution in [3.8, 4) is 22.6 Å². The number of phosphoric ester groups is 1. The molecule has 2 aliphatic rings. The first kappa shape index (κ1) is 18.9. The van der Waals surface area contributed by atoms with Gasteiger partial charge < -0.3 is 9.63 Å². The van der Waals surface area contributed by atoms with Crippen LogP contribution in [0.3, 0.4) is 0 Å². The maximum absolute atomic E-state index is 11.4. The summed E-state index contributed by atoms with van der Waals surface area (Å²) in [5, 5.41) is 10.1. The Morgan fingerprint density at radius 2 is 1.88 bits per heavy atom. The third-order valence-electron chi connectivity index (χ3n) is 4.91. The monoisotopic (exact) mass is 377 g/mol. The van der Waals surface area contributed by atoms with E-state index in [-0.39, 0.29) is 17.5 Å². The lowest BCUT2D eigenvalue weighted by Gasteiger charge is -2.40. The standard InChI is InChI=1S/C17H18NO5P.C2H6/c1-18-8-7-10-3-2-4-12-15(10)13(18)9-11-5-6-14(19)17(16(11)12)23-24(20,21)22;1-2/h2-6,13,19H,7-9H2,1H3,(H2,20,21,22);1-2H3. The Labute approximate surface area is 153 Å². The molecule has 140 valence electrons. The maximum atomic E-state index is 11.4. The topological polar surface area (TPSA) is 90.2 Å². The molecule has 0 fully saturated rings. The van der Waals surface area contributed by atoms with Crippen molar-refractivity contribution in [1.29, 1.82) is 0 Å². The minimum absolute atomic E-state index is 0.138. The Hall–Kier alpha value is -1.85. The fraction of sp³-hybridized carbons (Fsp3) is 0.368. The number of fused-ring (bicyclic) bond motifs is 2. The molecule has 2 aromatic carbocycles. The van der Waals surface area contributed by atoms with Crippen LogP contribution in [0.1, 0.15) is 36.6 Å². The van der Waals surface area contributed by atoms with Gasteiger partial charge in [0.25, 0.3) is 0 Å². The fourth-order valence-corrected chi connectivity index (χ4v) is 4.29. The van der Waals surface area contributed by atoms with E-state index in [0.29, 0.717) is 12.0 Å². The van der Waals surface area contributed by atoms with Gasteiger partial charge in [0.2, 0.25) is 0 Å². The Kier molecular flexibility index (Phi) is 5.13. The average molecular weight is 377 g/mol. The lowest BCUT2D eigenvalue weighted by molar-refractivity contribution is 0.228. The summed E-state index contributed by atoms with van der Waals surface area (Å²) < 4.78 is 16.2. The van der Waals surface area contributed by atoms with Crippen molar-refractivity contribution in [2.75, 3.05) is 13.6 Å². The van der Waals surface area contributed by atoms with Crippen LogP contribution >= 0.6 is 7.82 Å². The second kappa shape index (κ2) is 7.05. The molecule has 6 nitrogen and oxygen atoms in total. The number of nitrogens with zero attached hydrogens (tertiary/aromatic N) is 1. The smallest absolute Gasteiger partial charge is 0.504 e. The Bertz CT molecular complexity index is 876. The zero-order chi connectivity index (χ0) is 19.1. The molecule has 4 rings (SSSR count). The predicted octanol–water partition coefficient (Wildman–Crippen LogP) is 3.64. The highest BCUT2D eigenvalue weighted by molar-refractivity contribution is 7.46. The van der Waals surface area contributed by atoms with Crippen molar-refractivity contribution in [1.82, 2.24) is 4.90 Å². The van der Waals surface area contributed by atoms with Crippen molar-refractivity contribution < 1.29 is 24.0 Å². The largest absolute Gasteiger partial charge is 0.524 e. The molecule has 3 N–H and O–H groups in total. The molecule has 0 saturated heterocycles. The van der Waals surface area contributed by atoms with E-state index < -0.39 is 7.82 Å². The van der Waals surface area contributed by atoms with Crippen LogP contribution in [-0.4, -0.2) is 33.4 Å². The quantitative estimate of drug-likeness (QED) is 0.693. The number of aromatic hydroxyl groups is 1. The van der Waals surface area contributed by atoms with Crippen LogP contribution in [0, 0.1) is 0 Å². The molecule has 1 aliphatic heterocycles. The molecule has 1 unspecified atom stereocenters. The number of hydrogen-bond acceptors (Lipinski definition) is 4. The Morgan fingerprint density at radius 1 is 1.15 bits per heavy atom. The van der Waals surface area contributed by atoms with Gasteiger partial charge >= 0.3 is 7.82 Å². The van der Waals surface area contributed by atoms with Gasteiger partial charge in [0.05, 0.1) is 0 Å². The molecule has 0 bridgehead atoms. The van der Waals surface area contributed by atoms with Crippen molar-refractivity contribution >= 4 is 7.82 Å². The highest BCUT2D eigenvalue weighted by atomic mass is 31.2. The van der Waals surface area contributed by atoms with E-state index >= 15 is 0 Å². The minimum Gasteiger partial charge on any atom is -0.504 e. The molecule has 0 radical (unpaired) electrons. The van der Waals surface area contributed by atoms with Gasteiger partial charge in [-0.3, -0.25) is 14.7 Å². The van der Waals surface area contributed by atoms with Gasteiger partial charge in [-0.1, -0.05) is 38.1 Å². The minimum atomic E-state index is -4.78. The van der Waals surface area contributed by atoms with E-state index in [1.807, 2.05) is 26.0 Å².